The lowest BCUT2D eigenvalue weighted by atomic mass is 9.95. The van der Waals surface area contributed by atoms with Crippen molar-refractivity contribution in [3.63, 3.8) is 0 Å². The quantitative estimate of drug-likeness (QED) is 0.756. The SMILES string of the molecule is Cc1ccc(S(=O)(=O)N(CC(=O)N[C@@H]2C[C@H]3CC[C@H]2C3)c2ccc(C)cc2C)cc1. The van der Waals surface area contributed by atoms with Gasteiger partial charge in [-0.05, 0) is 75.6 Å². The summed E-state index contributed by atoms with van der Waals surface area (Å²) in [5.74, 6) is 1.03. The number of fused-ring (bicyclic) bond motifs is 2. The lowest BCUT2D eigenvalue weighted by molar-refractivity contribution is -0.120. The number of nitrogens with one attached hydrogen (secondary N) is 1. The maximum Gasteiger partial charge on any atom is 0.264 e. The lowest BCUT2D eigenvalue weighted by Gasteiger charge is -2.28. The molecule has 2 bridgehead atoms. The van der Waals surface area contributed by atoms with Crippen molar-refractivity contribution >= 4 is 21.6 Å². The van der Waals surface area contributed by atoms with Gasteiger partial charge in [0, 0.05) is 6.04 Å². The van der Waals surface area contributed by atoms with Crippen LogP contribution in [0.1, 0.15) is 42.4 Å². The summed E-state index contributed by atoms with van der Waals surface area (Å²) < 4.78 is 28.3. The van der Waals surface area contributed by atoms with Gasteiger partial charge in [0.1, 0.15) is 6.54 Å². The zero-order valence-corrected chi connectivity index (χ0v) is 18.7. The molecule has 30 heavy (non-hydrogen) atoms. The highest BCUT2D eigenvalue weighted by atomic mass is 32.2. The second-order valence-electron chi connectivity index (χ2n) is 8.96. The van der Waals surface area contributed by atoms with E-state index in [9.17, 15) is 13.2 Å². The average molecular weight is 427 g/mol. The van der Waals surface area contributed by atoms with Gasteiger partial charge in [0.2, 0.25) is 5.91 Å². The number of benzene rings is 2. The Morgan fingerprint density at radius 1 is 1.00 bits per heavy atom. The van der Waals surface area contributed by atoms with Crippen LogP contribution in [0, 0.1) is 32.6 Å². The Bertz CT molecular complexity index is 1050. The number of sulfonamides is 1. The van der Waals surface area contributed by atoms with Crippen molar-refractivity contribution in [1.29, 1.82) is 0 Å². The topological polar surface area (TPSA) is 66.5 Å². The van der Waals surface area contributed by atoms with Crippen LogP contribution in [0.2, 0.25) is 0 Å². The summed E-state index contributed by atoms with van der Waals surface area (Å²) in [6.45, 7) is 5.56. The van der Waals surface area contributed by atoms with E-state index in [1.54, 1.807) is 30.3 Å². The van der Waals surface area contributed by atoms with Crippen LogP contribution in [0.4, 0.5) is 5.69 Å². The molecule has 2 fully saturated rings. The van der Waals surface area contributed by atoms with E-state index in [4.69, 9.17) is 0 Å². The van der Waals surface area contributed by atoms with Crippen molar-refractivity contribution in [2.75, 3.05) is 10.8 Å². The Balaban J connectivity index is 1.63. The van der Waals surface area contributed by atoms with E-state index in [1.807, 2.05) is 32.9 Å². The van der Waals surface area contributed by atoms with E-state index in [-0.39, 0.29) is 23.4 Å². The predicted octanol–water partition coefficient (Wildman–Crippen LogP) is 4.11. The number of nitrogens with zero attached hydrogens (tertiary/aromatic N) is 1. The Morgan fingerprint density at radius 3 is 2.30 bits per heavy atom. The van der Waals surface area contributed by atoms with Crippen LogP contribution in [0.5, 0.6) is 0 Å². The van der Waals surface area contributed by atoms with Crippen molar-refractivity contribution in [2.45, 2.75) is 57.4 Å². The van der Waals surface area contributed by atoms with Crippen molar-refractivity contribution in [3.05, 3.63) is 59.2 Å². The number of carbonyl (C=O) groups excluding carboxylic acids is 1. The van der Waals surface area contributed by atoms with Crippen LogP contribution in [0.15, 0.2) is 47.4 Å². The summed E-state index contributed by atoms with van der Waals surface area (Å²) >= 11 is 0. The molecular formula is C24H30N2O3S. The van der Waals surface area contributed by atoms with Gasteiger partial charge in [-0.3, -0.25) is 9.10 Å². The number of hydrogen-bond acceptors (Lipinski definition) is 3. The third-order valence-corrected chi connectivity index (χ3v) is 8.38. The molecule has 0 saturated heterocycles. The van der Waals surface area contributed by atoms with Crippen LogP contribution < -0.4 is 9.62 Å². The van der Waals surface area contributed by atoms with Gasteiger partial charge in [-0.1, -0.05) is 41.8 Å². The van der Waals surface area contributed by atoms with Crippen molar-refractivity contribution in [3.8, 4) is 0 Å². The molecule has 1 N–H and O–H groups in total. The molecule has 2 aromatic carbocycles. The van der Waals surface area contributed by atoms with E-state index in [1.165, 1.54) is 17.1 Å². The number of hydrogen-bond donors (Lipinski definition) is 1. The molecule has 2 saturated carbocycles. The summed E-state index contributed by atoms with van der Waals surface area (Å²) in [6, 6.07) is 12.6. The third kappa shape index (κ3) is 4.10. The number of amides is 1. The Labute approximate surface area is 179 Å². The standard InChI is InChI=1S/C24H30N2O3S/c1-16-4-9-21(10-5-16)30(28,29)26(23-11-6-17(2)12-18(23)3)15-24(27)25-22-14-19-7-8-20(22)13-19/h4-6,9-12,19-20,22H,7-8,13-15H2,1-3H3,(H,25,27)/t19-,20-,22+/m0/s1. The minimum absolute atomic E-state index is 0.180. The first-order chi connectivity index (χ1) is 14.2. The first-order valence-corrected chi connectivity index (χ1v) is 12.1. The smallest absolute Gasteiger partial charge is 0.264 e. The second kappa shape index (κ2) is 8.06. The maximum absolute atomic E-state index is 13.5. The summed E-state index contributed by atoms with van der Waals surface area (Å²) in [7, 11) is -3.87. The molecule has 0 spiro atoms. The minimum Gasteiger partial charge on any atom is -0.352 e. The van der Waals surface area contributed by atoms with Gasteiger partial charge in [0.15, 0.2) is 0 Å². The van der Waals surface area contributed by atoms with Crippen LogP contribution >= 0.6 is 0 Å². The van der Waals surface area contributed by atoms with Crippen LogP contribution in [0.25, 0.3) is 0 Å². The first kappa shape index (κ1) is 20.9. The third-order valence-electron chi connectivity index (χ3n) is 6.60. The molecule has 160 valence electrons. The molecule has 3 atom stereocenters. The molecule has 2 aliphatic carbocycles. The van der Waals surface area contributed by atoms with Gasteiger partial charge < -0.3 is 5.32 Å². The number of carbonyl (C=O) groups is 1. The molecule has 0 unspecified atom stereocenters. The van der Waals surface area contributed by atoms with Gasteiger partial charge in [0.25, 0.3) is 10.0 Å². The molecule has 0 aromatic heterocycles. The number of anilines is 1. The maximum atomic E-state index is 13.5. The molecule has 1 amide bonds. The summed E-state index contributed by atoms with van der Waals surface area (Å²) in [4.78, 5) is 13.1. The molecule has 0 heterocycles. The van der Waals surface area contributed by atoms with E-state index >= 15 is 0 Å². The predicted molar refractivity (Wildman–Crippen MR) is 119 cm³/mol. The molecule has 2 aromatic rings. The summed E-state index contributed by atoms with van der Waals surface area (Å²) in [5.41, 5.74) is 3.42. The highest BCUT2D eigenvalue weighted by Gasteiger charge is 2.40. The normalized spacial score (nSPS) is 22.8. The average Bonchev–Trinajstić information content (AvgIpc) is 3.30. The van der Waals surface area contributed by atoms with Gasteiger partial charge in [-0.2, -0.15) is 0 Å². The van der Waals surface area contributed by atoms with Crippen molar-refractivity contribution in [2.24, 2.45) is 11.8 Å². The molecule has 5 nitrogen and oxygen atoms in total. The van der Waals surface area contributed by atoms with Crippen LogP contribution in [0.3, 0.4) is 0 Å². The fourth-order valence-corrected chi connectivity index (χ4v) is 6.51. The molecule has 0 radical (unpaired) electrons. The highest BCUT2D eigenvalue weighted by Crippen LogP contribution is 2.44. The monoisotopic (exact) mass is 426 g/mol. The second-order valence-corrected chi connectivity index (χ2v) is 10.8. The molecule has 2 aliphatic rings. The highest BCUT2D eigenvalue weighted by molar-refractivity contribution is 7.92. The zero-order chi connectivity index (χ0) is 21.5. The van der Waals surface area contributed by atoms with E-state index < -0.39 is 10.0 Å². The summed E-state index contributed by atoms with van der Waals surface area (Å²) in [6.07, 6.45) is 4.63. The lowest BCUT2D eigenvalue weighted by Crippen LogP contribution is -2.46. The Morgan fingerprint density at radius 2 is 1.70 bits per heavy atom. The van der Waals surface area contributed by atoms with Gasteiger partial charge in [-0.25, -0.2) is 8.42 Å². The van der Waals surface area contributed by atoms with Crippen molar-refractivity contribution < 1.29 is 13.2 Å². The number of rotatable bonds is 6. The first-order valence-electron chi connectivity index (χ1n) is 10.7. The van der Waals surface area contributed by atoms with E-state index in [2.05, 4.69) is 5.32 Å². The van der Waals surface area contributed by atoms with Gasteiger partial charge in [0.05, 0.1) is 10.6 Å². The molecular weight excluding hydrogens is 396 g/mol. The largest absolute Gasteiger partial charge is 0.352 e. The fraction of sp³-hybridized carbons (Fsp3) is 0.458. The van der Waals surface area contributed by atoms with Crippen LogP contribution in [-0.2, 0) is 14.8 Å². The van der Waals surface area contributed by atoms with Crippen LogP contribution in [-0.4, -0.2) is 26.9 Å². The van der Waals surface area contributed by atoms with Gasteiger partial charge in [-0.15, -0.1) is 0 Å². The van der Waals surface area contributed by atoms with Gasteiger partial charge >= 0.3 is 0 Å². The van der Waals surface area contributed by atoms with E-state index in [0.717, 1.165) is 29.5 Å². The molecule has 4 rings (SSSR count). The fourth-order valence-electron chi connectivity index (χ4n) is 5.03. The zero-order valence-electron chi connectivity index (χ0n) is 17.9. The summed E-state index contributed by atoms with van der Waals surface area (Å²) in [5, 5.41) is 3.13. The molecule has 6 heteroatoms. The Hall–Kier alpha value is -2.34. The number of aryl methyl sites for hydroxylation is 3. The van der Waals surface area contributed by atoms with E-state index in [0.29, 0.717) is 17.5 Å². The van der Waals surface area contributed by atoms with Crippen molar-refractivity contribution in [1.82, 2.24) is 5.32 Å². The minimum atomic E-state index is -3.87. The Kier molecular flexibility index (Phi) is 5.62. The molecule has 0 aliphatic heterocycles.